The van der Waals surface area contributed by atoms with Gasteiger partial charge in [0.05, 0.1) is 9.83 Å². The van der Waals surface area contributed by atoms with Gasteiger partial charge in [-0.3, -0.25) is 24.6 Å². The summed E-state index contributed by atoms with van der Waals surface area (Å²) >= 11 is 6.23. The Morgan fingerprint density at radius 1 is 1.41 bits per heavy atom. The number of rotatable bonds is 2. The molecule has 0 bridgehead atoms. The molecule has 1 fully saturated rings. The number of carbonyl (C=O) groups excluding carboxylic acids is 2. The first-order valence-corrected chi connectivity index (χ1v) is 7.75. The third-order valence-electron chi connectivity index (χ3n) is 3.60. The van der Waals surface area contributed by atoms with Crippen molar-refractivity contribution >= 4 is 51.3 Å². The topological polar surface area (TPSA) is 80.5 Å². The highest BCUT2D eigenvalue weighted by Gasteiger charge is 2.38. The minimum atomic E-state index is -0.516. The average Bonchev–Trinajstić information content (AvgIpc) is 2.93. The molecule has 0 N–H and O–H groups in total. The number of thioether (sulfide) groups is 1. The number of carbonyl (C=O) groups is 2. The lowest BCUT2D eigenvalue weighted by Gasteiger charge is -2.10. The van der Waals surface area contributed by atoms with Crippen molar-refractivity contribution in [3.8, 4) is 0 Å². The number of thiocarbonyl (C=S) groups is 1. The number of non-ortho nitro benzene ring substituents is 1. The van der Waals surface area contributed by atoms with Crippen molar-refractivity contribution in [3.05, 3.63) is 44.3 Å². The maximum atomic E-state index is 12.4. The Labute approximate surface area is 135 Å². The summed E-state index contributed by atoms with van der Waals surface area (Å²) in [6, 6.07) is 4.29. The maximum Gasteiger partial charge on any atom is 0.270 e. The van der Waals surface area contributed by atoms with E-state index >= 15 is 0 Å². The molecule has 1 saturated heterocycles. The molecule has 0 unspecified atom stereocenters. The lowest BCUT2D eigenvalue weighted by molar-refractivity contribution is -0.384. The van der Waals surface area contributed by atoms with Crippen molar-refractivity contribution in [3.63, 3.8) is 0 Å². The quantitative estimate of drug-likeness (QED) is 0.357. The van der Waals surface area contributed by atoms with E-state index in [1.807, 2.05) is 0 Å². The summed E-state index contributed by atoms with van der Waals surface area (Å²) in [5, 5.41) is 10.9. The van der Waals surface area contributed by atoms with Crippen molar-refractivity contribution in [2.45, 2.75) is 13.3 Å². The zero-order valence-electron chi connectivity index (χ0n) is 11.5. The predicted octanol–water partition coefficient (Wildman–Crippen LogP) is 2.31. The monoisotopic (exact) mass is 334 g/mol. The Morgan fingerprint density at radius 2 is 2.14 bits per heavy atom. The molecule has 1 aromatic carbocycles. The Bertz CT molecular complexity index is 785. The number of likely N-dealkylation sites (N-methyl/N-ethyl adjacent to an activating group) is 1. The molecule has 112 valence electrons. The number of fused-ring (bicyclic) bond motifs is 1. The zero-order chi connectivity index (χ0) is 16.0. The molecular formula is C14H10N2O4S2. The molecule has 6 nitrogen and oxygen atoms in total. The molecule has 22 heavy (non-hydrogen) atoms. The lowest BCUT2D eigenvalue weighted by atomic mass is 10.1. The van der Waals surface area contributed by atoms with Crippen LogP contribution in [0.1, 0.15) is 18.1 Å². The van der Waals surface area contributed by atoms with Crippen LogP contribution >= 0.6 is 24.0 Å². The second-order valence-electron chi connectivity index (χ2n) is 4.82. The van der Waals surface area contributed by atoms with Gasteiger partial charge in [0, 0.05) is 30.7 Å². The first-order chi connectivity index (χ1) is 10.4. The molecular weight excluding hydrogens is 324 g/mol. The molecule has 0 spiro atoms. The van der Waals surface area contributed by atoms with Crippen LogP contribution in [0.3, 0.4) is 0 Å². The van der Waals surface area contributed by atoms with Crippen LogP contribution in [0, 0.1) is 10.1 Å². The minimum Gasteiger partial charge on any atom is -0.294 e. The van der Waals surface area contributed by atoms with E-state index in [1.165, 1.54) is 17.0 Å². The fourth-order valence-corrected chi connectivity index (χ4v) is 4.03. The van der Waals surface area contributed by atoms with Crippen LogP contribution in [0.25, 0.3) is 5.57 Å². The molecule has 8 heteroatoms. The number of allylic oxidation sites excluding steroid dienone is 1. The van der Waals surface area contributed by atoms with Crippen LogP contribution in [-0.4, -0.2) is 32.4 Å². The summed E-state index contributed by atoms with van der Waals surface area (Å²) in [5.41, 5.74) is 1.33. The van der Waals surface area contributed by atoms with Crippen LogP contribution in [0.15, 0.2) is 23.1 Å². The smallest absolute Gasteiger partial charge is 0.270 e. The van der Waals surface area contributed by atoms with Gasteiger partial charge in [-0.2, -0.15) is 0 Å². The summed E-state index contributed by atoms with van der Waals surface area (Å²) in [6.45, 7) is 2.23. The Balaban J connectivity index is 2.18. The SMILES string of the molecule is CCN1C(=O)/C(=C2/C(=O)Cc3ccc([N+](=O)[O-])cc32)SC1=S. The van der Waals surface area contributed by atoms with Crippen molar-refractivity contribution in [1.82, 2.24) is 4.90 Å². The molecule has 1 aliphatic heterocycles. The van der Waals surface area contributed by atoms with Crippen molar-refractivity contribution in [1.29, 1.82) is 0 Å². The summed E-state index contributed by atoms with van der Waals surface area (Å²) < 4.78 is 0.404. The number of amides is 1. The van der Waals surface area contributed by atoms with Gasteiger partial charge < -0.3 is 0 Å². The number of nitrogens with zero attached hydrogens (tertiary/aromatic N) is 2. The lowest BCUT2D eigenvalue weighted by Crippen LogP contribution is -2.27. The summed E-state index contributed by atoms with van der Waals surface area (Å²) in [7, 11) is 0. The van der Waals surface area contributed by atoms with Gasteiger partial charge in [-0.1, -0.05) is 30.0 Å². The van der Waals surface area contributed by atoms with Crippen LogP contribution in [0.5, 0.6) is 0 Å². The molecule has 0 atom stereocenters. The van der Waals surface area contributed by atoms with Crippen molar-refractivity contribution in [2.24, 2.45) is 0 Å². The molecule has 1 aromatic rings. The Kier molecular flexibility index (Phi) is 3.57. The van der Waals surface area contributed by atoms with E-state index in [4.69, 9.17) is 12.2 Å². The fourth-order valence-electron chi connectivity index (χ4n) is 2.55. The third kappa shape index (κ3) is 2.15. The molecule has 2 aliphatic rings. The van der Waals surface area contributed by atoms with E-state index in [9.17, 15) is 19.7 Å². The zero-order valence-corrected chi connectivity index (χ0v) is 13.1. The van der Waals surface area contributed by atoms with Gasteiger partial charge >= 0.3 is 0 Å². The van der Waals surface area contributed by atoms with E-state index in [0.717, 1.165) is 11.8 Å². The van der Waals surface area contributed by atoms with E-state index in [0.29, 0.717) is 22.0 Å². The molecule has 1 heterocycles. The number of nitro benzene ring substituents is 1. The van der Waals surface area contributed by atoms with Crippen molar-refractivity contribution in [2.75, 3.05) is 6.54 Å². The van der Waals surface area contributed by atoms with Gasteiger partial charge in [-0.05, 0) is 18.1 Å². The van der Waals surface area contributed by atoms with Gasteiger partial charge in [0.15, 0.2) is 5.78 Å². The molecule has 0 saturated carbocycles. The molecule has 3 rings (SSSR count). The number of nitro groups is 1. The normalized spacial score (nSPS) is 20.8. The number of hydrogen-bond donors (Lipinski definition) is 0. The Morgan fingerprint density at radius 3 is 2.73 bits per heavy atom. The second kappa shape index (κ2) is 5.29. The van der Waals surface area contributed by atoms with Gasteiger partial charge in [0.25, 0.3) is 11.6 Å². The van der Waals surface area contributed by atoms with E-state index < -0.39 is 4.92 Å². The first-order valence-electron chi connectivity index (χ1n) is 6.53. The van der Waals surface area contributed by atoms with E-state index in [-0.39, 0.29) is 34.3 Å². The van der Waals surface area contributed by atoms with Crippen molar-refractivity contribution < 1.29 is 14.5 Å². The first kappa shape index (κ1) is 14.9. The fraction of sp³-hybridized carbons (Fsp3) is 0.214. The summed E-state index contributed by atoms with van der Waals surface area (Å²) in [4.78, 5) is 36.8. The highest BCUT2D eigenvalue weighted by Crippen LogP contribution is 2.42. The summed E-state index contributed by atoms with van der Waals surface area (Å²) in [5.74, 6) is -0.507. The predicted molar refractivity (Wildman–Crippen MR) is 86.3 cm³/mol. The maximum absolute atomic E-state index is 12.4. The molecule has 0 aromatic heterocycles. The van der Waals surface area contributed by atoms with E-state index in [1.54, 1.807) is 13.0 Å². The standard InChI is InChI=1S/C14H10N2O4S2/c1-2-15-13(18)12(22-14(15)21)11-9-6-8(16(19)20)4-3-7(9)5-10(11)17/h3-4,6H,2,5H2,1H3/b12-11-. The highest BCUT2D eigenvalue weighted by atomic mass is 32.2. The van der Waals surface area contributed by atoms with Crippen LogP contribution in [0.2, 0.25) is 0 Å². The number of benzene rings is 1. The average molecular weight is 334 g/mol. The summed E-state index contributed by atoms with van der Waals surface area (Å²) in [6.07, 6.45) is 0.152. The highest BCUT2D eigenvalue weighted by molar-refractivity contribution is 8.26. The molecule has 0 radical (unpaired) electrons. The largest absolute Gasteiger partial charge is 0.294 e. The molecule has 1 aliphatic carbocycles. The Hall–Kier alpha value is -2.06. The van der Waals surface area contributed by atoms with Gasteiger partial charge in [0.2, 0.25) is 0 Å². The molecule has 1 amide bonds. The number of Topliss-reactive ketones (excluding diaryl/α,β-unsaturated/α-hetero) is 1. The number of ketones is 1. The van der Waals surface area contributed by atoms with Crippen LogP contribution < -0.4 is 0 Å². The minimum absolute atomic E-state index is 0.100. The van der Waals surface area contributed by atoms with E-state index in [2.05, 4.69) is 0 Å². The van der Waals surface area contributed by atoms with Gasteiger partial charge in [0.1, 0.15) is 4.32 Å². The van der Waals surface area contributed by atoms with Gasteiger partial charge in [-0.25, -0.2) is 0 Å². The second-order valence-corrected chi connectivity index (χ2v) is 6.46. The van der Waals surface area contributed by atoms with Crippen LogP contribution in [-0.2, 0) is 16.0 Å². The number of hydrogen-bond acceptors (Lipinski definition) is 6. The van der Waals surface area contributed by atoms with Gasteiger partial charge in [-0.15, -0.1) is 0 Å². The third-order valence-corrected chi connectivity index (χ3v) is 5.04. The van der Waals surface area contributed by atoms with Crippen LogP contribution in [0.4, 0.5) is 5.69 Å².